The lowest BCUT2D eigenvalue weighted by Crippen LogP contribution is -2.17. The van der Waals surface area contributed by atoms with E-state index in [1.165, 1.54) is 6.07 Å². The van der Waals surface area contributed by atoms with E-state index in [0.29, 0.717) is 41.0 Å². The van der Waals surface area contributed by atoms with Gasteiger partial charge in [0.15, 0.2) is 11.5 Å². The fraction of sp³-hybridized carbons (Fsp3) is 0.333. The van der Waals surface area contributed by atoms with Crippen LogP contribution in [0, 0.1) is 0 Å². The number of ether oxygens (including phenoxy) is 2. The van der Waals surface area contributed by atoms with Crippen molar-refractivity contribution >= 4 is 17.6 Å². The molecule has 0 spiro atoms. The van der Waals surface area contributed by atoms with Crippen LogP contribution in [-0.4, -0.2) is 29.4 Å². The fourth-order valence-electron chi connectivity index (χ4n) is 2.48. The van der Waals surface area contributed by atoms with Gasteiger partial charge in [0.1, 0.15) is 18.9 Å². The Kier molecular flexibility index (Phi) is 3.70. The number of nitrogens with zero attached hydrogens (tertiary/aromatic N) is 1. The van der Waals surface area contributed by atoms with Crippen LogP contribution >= 0.6 is 11.6 Å². The molecule has 0 atom stereocenters. The smallest absolute Gasteiger partial charge is 0.374 e. The second kappa shape index (κ2) is 5.53. The minimum Gasteiger partial charge on any atom is -0.486 e. The average Bonchev–Trinajstić information content (AvgIpc) is 2.96. The molecule has 1 aliphatic rings. The van der Waals surface area contributed by atoms with E-state index >= 15 is 0 Å². The maximum atomic E-state index is 11.0. The van der Waals surface area contributed by atoms with Gasteiger partial charge in [-0.1, -0.05) is 30.6 Å². The molecule has 116 valence electrons. The lowest BCUT2D eigenvalue weighted by Gasteiger charge is -2.25. The second-order valence-electron chi connectivity index (χ2n) is 5.21. The van der Waals surface area contributed by atoms with E-state index in [1.54, 1.807) is 6.07 Å². The minimum atomic E-state index is -1.17. The number of carbonyl (C=O) groups is 1. The lowest BCUT2D eigenvalue weighted by atomic mass is 9.93. The van der Waals surface area contributed by atoms with Gasteiger partial charge in [0.05, 0.1) is 5.02 Å². The number of rotatable bonds is 3. The van der Waals surface area contributed by atoms with Crippen LogP contribution in [0.25, 0.3) is 11.3 Å². The molecule has 0 saturated carbocycles. The quantitative estimate of drug-likeness (QED) is 0.929. The zero-order valence-corrected chi connectivity index (χ0v) is 12.8. The molecule has 1 N–H and O–H groups in total. The molecular weight excluding hydrogens is 310 g/mol. The Hall–Kier alpha value is -2.21. The number of aromatic carboxylic acids is 1. The fourth-order valence-corrected chi connectivity index (χ4v) is 2.73. The molecule has 0 saturated heterocycles. The van der Waals surface area contributed by atoms with Gasteiger partial charge in [0, 0.05) is 17.2 Å². The molecule has 0 unspecified atom stereocenters. The Bertz CT molecular complexity index is 738. The van der Waals surface area contributed by atoms with Gasteiger partial charge in [-0.3, -0.25) is 0 Å². The first kappa shape index (κ1) is 14.7. The Morgan fingerprint density at radius 3 is 2.55 bits per heavy atom. The zero-order valence-electron chi connectivity index (χ0n) is 12.1. The average molecular weight is 324 g/mol. The van der Waals surface area contributed by atoms with Crippen LogP contribution in [0.4, 0.5) is 0 Å². The Labute approximate surface area is 131 Å². The molecular formula is C15H14ClNO5. The van der Waals surface area contributed by atoms with Crippen molar-refractivity contribution in [3.05, 3.63) is 28.5 Å². The molecule has 0 amide bonds. The highest BCUT2D eigenvalue weighted by atomic mass is 35.5. The standard InChI is InChI=1S/C15H14ClNO5/c1-7(2)12-8(10-6-11(15(18)19)22-17-10)5-9(16)13-14(12)21-4-3-20-13/h5-7H,3-4H2,1-2H3,(H,18,19). The maximum Gasteiger partial charge on any atom is 0.374 e. The van der Waals surface area contributed by atoms with Gasteiger partial charge >= 0.3 is 5.97 Å². The van der Waals surface area contributed by atoms with Gasteiger partial charge in [0.25, 0.3) is 0 Å². The Morgan fingerprint density at radius 2 is 1.95 bits per heavy atom. The molecule has 1 aromatic carbocycles. The summed E-state index contributed by atoms with van der Waals surface area (Å²) in [6, 6.07) is 3.07. The highest BCUT2D eigenvalue weighted by Crippen LogP contribution is 2.47. The molecule has 1 aliphatic heterocycles. The van der Waals surface area contributed by atoms with Crippen molar-refractivity contribution in [2.75, 3.05) is 13.2 Å². The molecule has 22 heavy (non-hydrogen) atoms. The van der Waals surface area contributed by atoms with Crippen LogP contribution in [0.5, 0.6) is 11.5 Å². The summed E-state index contributed by atoms with van der Waals surface area (Å²) in [5.41, 5.74) is 1.95. The monoisotopic (exact) mass is 323 g/mol. The third kappa shape index (κ3) is 2.39. The number of carboxylic acid groups (broad SMARTS) is 1. The van der Waals surface area contributed by atoms with Crippen LogP contribution in [0.15, 0.2) is 16.7 Å². The van der Waals surface area contributed by atoms with E-state index < -0.39 is 5.97 Å². The van der Waals surface area contributed by atoms with E-state index in [2.05, 4.69) is 5.16 Å². The van der Waals surface area contributed by atoms with Gasteiger partial charge in [-0.05, 0) is 12.0 Å². The van der Waals surface area contributed by atoms with Gasteiger partial charge < -0.3 is 19.1 Å². The van der Waals surface area contributed by atoms with Crippen LogP contribution in [0.3, 0.4) is 0 Å². The summed E-state index contributed by atoms with van der Waals surface area (Å²) in [5.74, 6) is -0.192. The Morgan fingerprint density at radius 1 is 1.27 bits per heavy atom. The molecule has 1 aromatic heterocycles. The summed E-state index contributed by atoms with van der Waals surface area (Å²) in [6.45, 7) is 4.88. The zero-order chi connectivity index (χ0) is 15.9. The minimum absolute atomic E-state index is 0.104. The molecule has 3 rings (SSSR count). The highest BCUT2D eigenvalue weighted by Gasteiger charge is 2.27. The van der Waals surface area contributed by atoms with Crippen LogP contribution < -0.4 is 9.47 Å². The van der Waals surface area contributed by atoms with Crippen molar-refractivity contribution in [2.45, 2.75) is 19.8 Å². The number of benzene rings is 1. The maximum absolute atomic E-state index is 11.0. The molecule has 2 heterocycles. The van der Waals surface area contributed by atoms with Crippen LogP contribution in [0.1, 0.15) is 35.9 Å². The SMILES string of the molecule is CC(C)c1c(-c2cc(C(=O)O)on2)cc(Cl)c2c1OCCO2. The molecule has 6 nitrogen and oxygen atoms in total. The first-order chi connectivity index (χ1) is 10.5. The normalized spacial score (nSPS) is 13.5. The first-order valence-electron chi connectivity index (χ1n) is 6.81. The van der Waals surface area contributed by atoms with Crippen molar-refractivity contribution in [3.8, 4) is 22.8 Å². The Balaban J connectivity index is 2.21. The summed E-state index contributed by atoms with van der Waals surface area (Å²) in [7, 11) is 0. The summed E-state index contributed by atoms with van der Waals surface area (Å²) < 4.78 is 16.1. The van der Waals surface area contributed by atoms with Gasteiger partial charge in [-0.2, -0.15) is 0 Å². The van der Waals surface area contributed by atoms with E-state index in [1.807, 2.05) is 13.8 Å². The number of halogens is 1. The molecule has 0 radical (unpaired) electrons. The van der Waals surface area contributed by atoms with Gasteiger partial charge in [-0.15, -0.1) is 0 Å². The molecule has 2 aromatic rings. The number of carboxylic acids is 1. The number of hydrogen-bond donors (Lipinski definition) is 1. The number of fused-ring (bicyclic) bond motifs is 1. The van der Waals surface area contributed by atoms with E-state index in [-0.39, 0.29) is 11.7 Å². The van der Waals surface area contributed by atoms with Gasteiger partial charge in [0.2, 0.25) is 5.76 Å². The second-order valence-corrected chi connectivity index (χ2v) is 5.62. The van der Waals surface area contributed by atoms with E-state index in [9.17, 15) is 4.79 Å². The third-order valence-corrected chi connectivity index (χ3v) is 3.66. The third-order valence-electron chi connectivity index (χ3n) is 3.38. The molecule has 0 bridgehead atoms. The lowest BCUT2D eigenvalue weighted by molar-refractivity contribution is 0.0652. The summed E-state index contributed by atoms with van der Waals surface area (Å²) in [6.07, 6.45) is 0. The highest BCUT2D eigenvalue weighted by molar-refractivity contribution is 6.32. The topological polar surface area (TPSA) is 81.8 Å². The molecule has 0 fully saturated rings. The summed E-state index contributed by atoms with van der Waals surface area (Å²) in [5, 5.41) is 13.2. The van der Waals surface area contributed by atoms with Crippen molar-refractivity contribution in [2.24, 2.45) is 0 Å². The van der Waals surface area contributed by atoms with Crippen molar-refractivity contribution < 1.29 is 23.9 Å². The predicted octanol–water partition coefficient (Wildman–Crippen LogP) is 3.59. The predicted molar refractivity (Wildman–Crippen MR) is 79.0 cm³/mol. The van der Waals surface area contributed by atoms with E-state index in [0.717, 1.165) is 5.56 Å². The number of hydrogen-bond acceptors (Lipinski definition) is 5. The first-order valence-corrected chi connectivity index (χ1v) is 7.19. The summed E-state index contributed by atoms with van der Waals surface area (Å²) in [4.78, 5) is 11.0. The van der Waals surface area contributed by atoms with E-state index in [4.69, 9.17) is 30.7 Å². The summed E-state index contributed by atoms with van der Waals surface area (Å²) >= 11 is 6.26. The van der Waals surface area contributed by atoms with Crippen LogP contribution in [-0.2, 0) is 0 Å². The number of aromatic nitrogens is 1. The largest absolute Gasteiger partial charge is 0.486 e. The van der Waals surface area contributed by atoms with Crippen LogP contribution in [0.2, 0.25) is 5.02 Å². The molecule has 0 aliphatic carbocycles. The van der Waals surface area contributed by atoms with Crippen molar-refractivity contribution in [3.63, 3.8) is 0 Å². The molecule has 7 heteroatoms. The van der Waals surface area contributed by atoms with Crippen molar-refractivity contribution in [1.29, 1.82) is 0 Å². The van der Waals surface area contributed by atoms with Crippen molar-refractivity contribution in [1.82, 2.24) is 5.16 Å². The van der Waals surface area contributed by atoms with Gasteiger partial charge in [-0.25, -0.2) is 4.79 Å².